The molecule has 1 saturated heterocycles. The number of rotatable bonds is 4. The predicted molar refractivity (Wildman–Crippen MR) is 85.8 cm³/mol. The average Bonchev–Trinajstić information content (AvgIpc) is 3.02. The molecule has 2 aliphatic rings. The van der Waals surface area contributed by atoms with Crippen LogP contribution in [0.15, 0.2) is 39.8 Å². The molecule has 22 heavy (non-hydrogen) atoms. The minimum absolute atomic E-state index is 0.0976. The van der Waals surface area contributed by atoms with Gasteiger partial charge in [-0.25, -0.2) is 0 Å². The lowest BCUT2D eigenvalue weighted by Crippen LogP contribution is -2.39. The Bertz CT molecular complexity index is 630. The Labute approximate surface area is 134 Å². The van der Waals surface area contributed by atoms with Crippen LogP contribution in [0.5, 0.6) is 0 Å². The van der Waals surface area contributed by atoms with E-state index in [0.29, 0.717) is 23.6 Å². The second kappa shape index (κ2) is 5.56. The Morgan fingerprint density at radius 1 is 1.41 bits per heavy atom. The van der Waals surface area contributed by atoms with Gasteiger partial charge in [-0.1, -0.05) is 0 Å². The van der Waals surface area contributed by atoms with Gasteiger partial charge in [0, 0.05) is 12.6 Å². The van der Waals surface area contributed by atoms with Crippen LogP contribution in [0.4, 0.5) is 0 Å². The van der Waals surface area contributed by atoms with Crippen molar-refractivity contribution in [3.63, 3.8) is 0 Å². The number of hydrogen-bond donors (Lipinski definition) is 1. The summed E-state index contributed by atoms with van der Waals surface area (Å²) >= 11 is 1.68. The molecule has 0 unspecified atom stereocenters. The zero-order chi connectivity index (χ0) is 15.0. The SMILES string of the molecule is O=C(c1ccoc1)N(Cc1ccsc1)[C@@H]1CC12CCNCC2. The van der Waals surface area contributed by atoms with E-state index in [4.69, 9.17) is 4.42 Å². The van der Waals surface area contributed by atoms with Crippen molar-refractivity contribution in [1.29, 1.82) is 0 Å². The second-order valence-corrected chi connectivity index (χ2v) is 7.19. The Kier molecular flexibility index (Phi) is 3.54. The molecule has 1 N–H and O–H groups in total. The summed E-state index contributed by atoms with van der Waals surface area (Å²) in [5.41, 5.74) is 2.23. The van der Waals surface area contributed by atoms with E-state index in [9.17, 15) is 4.79 Å². The lowest BCUT2D eigenvalue weighted by atomic mass is 9.93. The van der Waals surface area contributed by atoms with Crippen molar-refractivity contribution in [3.8, 4) is 0 Å². The molecule has 0 bridgehead atoms. The van der Waals surface area contributed by atoms with E-state index < -0.39 is 0 Å². The molecule has 2 aromatic heterocycles. The topological polar surface area (TPSA) is 45.5 Å². The molecule has 1 atom stereocenters. The normalized spacial score (nSPS) is 22.6. The van der Waals surface area contributed by atoms with Gasteiger partial charge in [-0.05, 0) is 66.2 Å². The van der Waals surface area contributed by atoms with Gasteiger partial charge in [0.15, 0.2) is 0 Å². The minimum Gasteiger partial charge on any atom is -0.472 e. The van der Waals surface area contributed by atoms with Crippen molar-refractivity contribution >= 4 is 17.2 Å². The Balaban J connectivity index is 1.57. The lowest BCUT2D eigenvalue weighted by molar-refractivity contribution is 0.0691. The number of carbonyl (C=O) groups is 1. The minimum atomic E-state index is 0.0976. The van der Waals surface area contributed by atoms with Gasteiger partial charge in [0.2, 0.25) is 0 Å². The summed E-state index contributed by atoms with van der Waals surface area (Å²) in [4.78, 5) is 15.0. The third kappa shape index (κ3) is 2.48. The highest BCUT2D eigenvalue weighted by Gasteiger charge is 2.57. The van der Waals surface area contributed by atoms with Crippen LogP contribution in [-0.4, -0.2) is 29.9 Å². The van der Waals surface area contributed by atoms with E-state index in [1.807, 2.05) is 0 Å². The molecule has 1 amide bonds. The summed E-state index contributed by atoms with van der Waals surface area (Å²) in [6, 6.07) is 4.25. The molecule has 0 radical (unpaired) electrons. The molecule has 1 aliphatic carbocycles. The molecule has 4 rings (SSSR count). The van der Waals surface area contributed by atoms with Crippen molar-refractivity contribution in [2.24, 2.45) is 5.41 Å². The van der Waals surface area contributed by atoms with Crippen LogP contribution in [-0.2, 0) is 6.54 Å². The highest BCUT2D eigenvalue weighted by atomic mass is 32.1. The third-order valence-corrected chi connectivity index (χ3v) is 5.82. The summed E-state index contributed by atoms with van der Waals surface area (Å²) in [7, 11) is 0. The highest BCUT2D eigenvalue weighted by molar-refractivity contribution is 7.07. The predicted octanol–water partition coefficient (Wildman–Crippen LogP) is 3.13. The van der Waals surface area contributed by atoms with Crippen LogP contribution in [0.2, 0.25) is 0 Å². The van der Waals surface area contributed by atoms with Gasteiger partial charge in [0.1, 0.15) is 6.26 Å². The van der Waals surface area contributed by atoms with Gasteiger partial charge in [-0.15, -0.1) is 0 Å². The average molecular weight is 316 g/mol. The van der Waals surface area contributed by atoms with E-state index in [1.54, 1.807) is 29.9 Å². The summed E-state index contributed by atoms with van der Waals surface area (Å²) < 4.78 is 5.10. The molecule has 5 heteroatoms. The number of piperidine rings is 1. The maximum atomic E-state index is 12.9. The van der Waals surface area contributed by atoms with Crippen molar-refractivity contribution in [3.05, 3.63) is 46.5 Å². The maximum absolute atomic E-state index is 12.9. The Morgan fingerprint density at radius 3 is 2.95 bits per heavy atom. The van der Waals surface area contributed by atoms with E-state index in [2.05, 4.69) is 27.0 Å². The molecule has 0 aromatic carbocycles. The Hall–Kier alpha value is -1.59. The summed E-state index contributed by atoms with van der Waals surface area (Å²) in [5.74, 6) is 0.0976. The first-order valence-corrected chi connectivity index (χ1v) is 8.78. The van der Waals surface area contributed by atoms with Crippen molar-refractivity contribution in [2.75, 3.05) is 13.1 Å². The fourth-order valence-electron chi connectivity index (χ4n) is 3.68. The molecule has 1 aliphatic heterocycles. The number of carbonyl (C=O) groups excluding carboxylic acids is 1. The van der Waals surface area contributed by atoms with E-state index in [0.717, 1.165) is 19.5 Å². The molecule has 4 nitrogen and oxygen atoms in total. The first-order valence-electron chi connectivity index (χ1n) is 7.83. The van der Waals surface area contributed by atoms with Crippen LogP contribution < -0.4 is 5.32 Å². The van der Waals surface area contributed by atoms with E-state index >= 15 is 0 Å². The summed E-state index contributed by atoms with van der Waals surface area (Å²) in [6.07, 6.45) is 6.62. The standard InChI is InChI=1S/C17H20N2O2S/c20-16(14-1-7-21-11-14)19(10-13-2-8-22-12-13)15-9-17(15)3-5-18-6-4-17/h1-2,7-8,11-12,15,18H,3-6,9-10H2/t15-/m1/s1. The fraction of sp³-hybridized carbons (Fsp3) is 0.471. The third-order valence-electron chi connectivity index (χ3n) is 5.08. The highest BCUT2D eigenvalue weighted by Crippen LogP contribution is 2.56. The van der Waals surface area contributed by atoms with Crippen LogP contribution >= 0.6 is 11.3 Å². The Morgan fingerprint density at radius 2 is 2.27 bits per heavy atom. The van der Waals surface area contributed by atoms with Crippen molar-refractivity contribution < 1.29 is 9.21 Å². The van der Waals surface area contributed by atoms with Crippen molar-refractivity contribution in [2.45, 2.75) is 31.8 Å². The smallest absolute Gasteiger partial charge is 0.257 e. The molecule has 1 saturated carbocycles. The quantitative estimate of drug-likeness (QED) is 0.942. The van der Waals surface area contributed by atoms with E-state index in [1.165, 1.54) is 18.4 Å². The van der Waals surface area contributed by atoms with Crippen LogP contribution in [0.1, 0.15) is 35.2 Å². The molecule has 116 valence electrons. The molecular weight excluding hydrogens is 296 g/mol. The monoisotopic (exact) mass is 316 g/mol. The number of hydrogen-bond acceptors (Lipinski definition) is 4. The van der Waals surface area contributed by atoms with Gasteiger partial charge < -0.3 is 14.6 Å². The molecule has 2 aromatic rings. The van der Waals surface area contributed by atoms with Gasteiger partial charge >= 0.3 is 0 Å². The molecule has 2 fully saturated rings. The number of furan rings is 1. The van der Waals surface area contributed by atoms with E-state index in [-0.39, 0.29) is 5.91 Å². The van der Waals surface area contributed by atoms with Crippen LogP contribution in [0.3, 0.4) is 0 Å². The number of amides is 1. The second-order valence-electron chi connectivity index (χ2n) is 6.41. The first kappa shape index (κ1) is 14.0. The fourth-order valence-corrected chi connectivity index (χ4v) is 4.34. The van der Waals surface area contributed by atoms with Crippen LogP contribution in [0.25, 0.3) is 0 Å². The maximum Gasteiger partial charge on any atom is 0.257 e. The zero-order valence-electron chi connectivity index (χ0n) is 12.5. The van der Waals surface area contributed by atoms with Gasteiger partial charge in [0.05, 0.1) is 11.8 Å². The number of thiophene rings is 1. The molecule has 3 heterocycles. The summed E-state index contributed by atoms with van der Waals surface area (Å²) in [5, 5.41) is 7.63. The first-order chi connectivity index (χ1) is 10.8. The van der Waals surface area contributed by atoms with Crippen molar-refractivity contribution in [1.82, 2.24) is 10.2 Å². The van der Waals surface area contributed by atoms with Gasteiger partial charge in [-0.3, -0.25) is 4.79 Å². The van der Waals surface area contributed by atoms with Crippen LogP contribution in [0, 0.1) is 5.41 Å². The molecule has 1 spiro atoms. The lowest BCUT2D eigenvalue weighted by Gasteiger charge is -2.29. The number of nitrogens with one attached hydrogen (secondary N) is 1. The van der Waals surface area contributed by atoms with Gasteiger partial charge in [0.25, 0.3) is 5.91 Å². The largest absolute Gasteiger partial charge is 0.472 e. The summed E-state index contributed by atoms with van der Waals surface area (Å²) in [6.45, 7) is 2.85. The number of nitrogens with zero attached hydrogens (tertiary/aromatic N) is 1. The zero-order valence-corrected chi connectivity index (χ0v) is 13.3. The van der Waals surface area contributed by atoms with Gasteiger partial charge in [-0.2, -0.15) is 11.3 Å². The molecular formula is C17H20N2O2S.